The van der Waals surface area contributed by atoms with Gasteiger partial charge in [-0.2, -0.15) is 0 Å². The zero-order valence-electron chi connectivity index (χ0n) is 11.2. The lowest BCUT2D eigenvalue weighted by atomic mass is 9.84. The third-order valence-corrected chi connectivity index (χ3v) is 4.47. The zero-order chi connectivity index (χ0) is 13.5. The van der Waals surface area contributed by atoms with Gasteiger partial charge in [0.2, 0.25) is 6.79 Å². The molecule has 0 unspecified atom stereocenters. The first-order valence-corrected chi connectivity index (χ1v) is 7.08. The number of pyridine rings is 1. The SMILES string of the molecule is O=C(N[C@H]1CN2CCC1CC2)c1cc2c(cn1)OCO2. The minimum absolute atomic E-state index is 0.123. The Morgan fingerprint density at radius 2 is 2.10 bits per heavy atom. The Morgan fingerprint density at radius 3 is 2.85 bits per heavy atom. The summed E-state index contributed by atoms with van der Waals surface area (Å²) >= 11 is 0. The predicted octanol–water partition coefficient (Wildman–Crippen LogP) is 0.634. The van der Waals surface area contributed by atoms with Crippen LogP contribution in [0.25, 0.3) is 0 Å². The molecular weight excluding hydrogens is 258 g/mol. The van der Waals surface area contributed by atoms with Gasteiger partial charge < -0.3 is 19.7 Å². The molecule has 4 aliphatic rings. The normalized spacial score (nSPS) is 30.3. The second-order valence-corrected chi connectivity index (χ2v) is 5.64. The van der Waals surface area contributed by atoms with Crippen molar-refractivity contribution in [3.8, 4) is 11.5 Å². The first kappa shape index (κ1) is 12.0. The topological polar surface area (TPSA) is 63.7 Å². The van der Waals surface area contributed by atoms with Crippen LogP contribution < -0.4 is 14.8 Å². The van der Waals surface area contributed by atoms with Crippen LogP contribution in [0.3, 0.4) is 0 Å². The predicted molar refractivity (Wildman–Crippen MR) is 70.8 cm³/mol. The van der Waals surface area contributed by atoms with Gasteiger partial charge in [-0.3, -0.25) is 4.79 Å². The number of piperidine rings is 3. The highest BCUT2D eigenvalue weighted by Gasteiger charge is 2.35. The molecule has 1 atom stereocenters. The maximum Gasteiger partial charge on any atom is 0.270 e. The lowest BCUT2D eigenvalue weighted by molar-refractivity contribution is 0.0617. The van der Waals surface area contributed by atoms with Crippen molar-refractivity contribution in [1.82, 2.24) is 15.2 Å². The largest absolute Gasteiger partial charge is 0.453 e. The van der Waals surface area contributed by atoms with Crippen LogP contribution in [0, 0.1) is 5.92 Å². The first-order chi connectivity index (χ1) is 9.79. The van der Waals surface area contributed by atoms with Gasteiger partial charge in [0.25, 0.3) is 5.91 Å². The van der Waals surface area contributed by atoms with Crippen molar-refractivity contribution in [2.24, 2.45) is 5.92 Å². The minimum Gasteiger partial charge on any atom is -0.453 e. The molecule has 3 fully saturated rings. The van der Waals surface area contributed by atoms with E-state index < -0.39 is 0 Å². The Labute approximate surface area is 117 Å². The van der Waals surface area contributed by atoms with Crippen LogP contribution in [0.1, 0.15) is 23.3 Å². The first-order valence-electron chi connectivity index (χ1n) is 7.08. The molecule has 5 rings (SSSR count). The number of nitrogens with zero attached hydrogens (tertiary/aromatic N) is 2. The van der Waals surface area contributed by atoms with Crippen molar-refractivity contribution in [1.29, 1.82) is 0 Å². The summed E-state index contributed by atoms with van der Waals surface area (Å²) in [4.78, 5) is 18.9. The molecule has 1 aromatic rings. The summed E-state index contributed by atoms with van der Waals surface area (Å²) in [5.41, 5.74) is 0.394. The molecule has 5 heterocycles. The number of fused-ring (bicyclic) bond motifs is 4. The monoisotopic (exact) mass is 275 g/mol. The number of amides is 1. The number of hydrogen-bond donors (Lipinski definition) is 1. The van der Waals surface area contributed by atoms with Crippen LogP contribution >= 0.6 is 0 Å². The average molecular weight is 275 g/mol. The van der Waals surface area contributed by atoms with Gasteiger partial charge in [0.05, 0.1) is 6.20 Å². The smallest absolute Gasteiger partial charge is 0.270 e. The summed E-state index contributed by atoms with van der Waals surface area (Å²) in [7, 11) is 0. The molecular formula is C14H17N3O3. The summed E-state index contributed by atoms with van der Waals surface area (Å²) < 4.78 is 10.5. The summed E-state index contributed by atoms with van der Waals surface area (Å²) in [6, 6.07) is 1.90. The standard InChI is InChI=1S/C14H17N3O3/c18-14(10-5-12-13(6-15-10)20-8-19-12)16-11-7-17-3-1-9(11)2-4-17/h5-6,9,11H,1-4,7-8H2,(H,16,18)/t11-/m0/s1. The maximum atomic E-state index is 12.3. The average Bonchev–Trinajstić information content (AvgIpc) is 2.96. The second kappa shape index (κ2) is 4.63. The van der Waals surface area contributed by atoms with Gasteiger partial charge in [-0.05, 0) is 31.8 Å². The van der Waals surface area contributed by atoms with Crippen molar-refractivity contribution in [2.75, 3.05) is 26.4 Å². The molecule has 1 aromatic heterocycles. The number of hydrogen-bond acceptors (Lipinski definition) is 5. The summed E-state index contributed by atoms with van der Waals surface area (Å²) in [5, 5.41) is 3.12. The fraction of sp³-hybridized carbons (Fsp3) is 0.571. The Kier molecular flexibility index (Phi) is 2.77. The minimum atomic E-state index is -0.123. The van der Waals surface area contributed by atoms with Crippen molar-refractivity contribution in [2.45, 2.75) is 18.9 Å². The van der Waals surface area contributed by atoms with E-state index in [-0.39, 0.29) is 18.7 Å². The van der Waals surface area contributed by atoms with Gasteiger partial charge in [-0.1, -0.05) is 0 Å². The lowest BCUT2D eigenvalue weighted by Gasteiger charge is -2.44. The van der Waals surface area contributed by atoms with Crippen LogP contribution in [0.15, 0.2) is 12.3 Å². The van der Waals surface area contributed by atoms with Crippen molar-refractivity contribution < 1.29 is 14.3 Å². The van der Waals surface area contributed by atoms with Gasteiger partial charge in [0.1, 0.15) is 5.69 Å². The molecule has 6 heteroatoms. The van der Waals surface area contributed by atoms with Gasteiger partial charge in [-0.15, -0.1) is 0 Å². The quantitative estimate of drug-likeness (QED) is 0.858. The third-order valence-electron chi connectivity index (χ3n) is 4.47. The van der Waals surface area contributed by atoms with Gasteiger partial charge >= 0.3 is 0 Å². The van der Waals surface area contributed by atoms with E-state index in [1.54, 1.807) is 12.3 Å². The molecule has 1 amide bonds. The fourth-order valence-electron chi connectivity index (χ4n) is 3.30. The highest BCUT2D eigenvalue weighted by molar-refractivity contribution is 5.93. The molecule has 20 heavy (non-hydrogen) atoms. The number of carbonyl (C=O) groups is 1. The molecule has 4 aliphatic heterocycles. The van der Waals surface area contributed by atoms with Crippen LogP contribution in [0.2, 0.25) is 0 Å². The number of aromatic nitrogens is 1. The molecule has 3 saturated heterocycles. The summed E-state index contributed by atoms with van der Waals surface area (Å²) in [5.74, 6) is 1.68. The molecule has 106 valence electrons. The molecule has 0 aliphatic carbocycles. The Balaban J connectivity index is 1.48. The van der Waals surface area contributed by atoms with E-state index in [9.17, 15) is 4.79 Å². The summed E-state index contributed by atoms with van der Waals surface area (Å²) in [6.07, 6.45) is 3.91. The van der Waals surface area contributed by atoms with Crippen molar-refractivity contribution in [3.05, 3.63) is 18.0 Å². The highest BCUT2D eigenvalue weighted by Crippen LogP contribution is 2.31. The zero-order valence-corrected chi connectivity index (χ0v) is 11.2. The van der Waals surface area contributed by atoms with E-state index in [0.717, 1.165) is 6.54 Å². The van der Waals surface area contributed by atoms with Crippen LogP contribution in [-0.2, 0) is 0 Å². The van der Waals surface area contributed by atoms with E-state index in [0.29, 0.717) is 23.1 Å². The molecule has 0 spiro atoms. The fourth-order valence-corrected chi connectivity index (χ4v) is 3.30. The molecule has 0 saturated carbocycles. The van der Waals surface area contributed by atoms with E-state index in [1.165, 1.54) is 25.9 Å². The highest BCUT2D eigenvalue weighted by atomic mass is 16.7. The number of rotatable bonds is 2. The Hall–Kier alpha value is -1.82. The Morgan fingerprint density at radius 1 is 1.30 bits per heavy atom. The number of carbonyl (C=O) groups excluding carboxylic acids is 1. The van der Waals surface area contributed by atoms with E-state index in [2.05, 4.69) is 15.2 Å². The second-order valence-electron chi connectivity index (χ2n) is 5.64. The molecule has 2 bridgehead atoms. The molecule has 0 radical (unpaired) electrons. The van der Waals surface area contributed by atoms with Gasteiger partial charge in [-0.25, -0.2) is 4.98 Å². The van der Waals surface area contributed by atoms with E-state index >= 15 is 0 Å². The van der Waals surface area contributed by atoms with Gasteiger partial charge in [0, 0.05) is 18.7 Å². The molecule has 6 nitrogen and oxygen atoms in total. The van der Waals surface area contributed by atoms with E-state index in [1.807, 2.05) is 0 Å². The van der Waals surface area contributed by atoms with Crippen molar-refractivity contribution in [3.63, 3.8) is 0 Å². The summed E-state index contributed by atoms with van der Waals surface area (Å²) in [6.45, 7) is 3.49. The van der Waals surface area contributed by atoms with E-state index in [4.69, 9.17) is 9.47 Å². The Bertz CT molecular complexity index is 540. The van der Waals surface area contributed by atoms with Crippen LogP contribution in [0.4, 0.5) is 0 Å². The third kappa shape index (κ3) is 2.00. The lowest BCUT2D eigenvalue weighted by Crippen LogP contribution is -2.57. The molecule has 0 aromatic carbocycles. The van der Waals surface area contributed by atoms with Crippen LogP contribution in [-0.4, -0.2) is 48.3 Å². The number of ether oxygens (including phenoxy) is 2. The van der Waals surface area contributed by atoms with Gasteiger partial charge in [0.15, 0.2) is 11.5 Å². The molecule has 1 N–H and O–H groups in total. The van der Waals surface area contributed by atoms with Crippen molar-refractivity contribution >= 4 is 5.91 Å². The van der Waals surface area contributed by atoms with Crippen LogP contribution in [0.5, 0.6) is 11.5 Å². The maximum absolute atomic E-state index is 12.3. The number of nitrogens with one attached hydrogen (secondary N) is 1.